The van der Waals surface area contributed by atoms with E-state index in [2.05, 4.69) is 150 Å². The molecule has 8 nitrogen and oxygen atoms in total. The van der Waals surface area contributed by atoms with Gasteiger partial charge < -0.3 is 4.90 Å². The summed E-state index contributed by atoms with van der Waals surface area (Å²) >= 11 is 1.09. The summed E-state index contributed by atoms with van der Waals surface area (Å²) in [6.07, 6.45) is 17.5. The predicted molar refractivity (Wildman–Crippen MR) is 235 cm³/mol. The molecule has 2 aliphatic heterocycles. The van der Waals surface area contributed by atoms with Gasteiger partial charge in [-0.05, 0) is 73.1 Å². The third kappa shape index (κ3) is 10.1. The van der Waals surface area contributed by atoms with E-state index in [0.717, 1.165) is 53.9 Å². The summed E-state index contributed by atoms with van der Waals surface area (Å²) in [6.45, 7) is 10.5. The van der Waals surface area contributed by atoms with Crippen LogP contribution in [-0.2, 0) is 30.3 Å². The van der Waals surface area contributed by atoms with E-state index >= 15 is 0 Å². The molecule has 0 fully saturated rings. The van der Waals surface area contributed by atoms with Crippen LogP contribution in [0.5, 0.6) is 0 Å². The Kier molecular flexibility index (Phi) is 13.9. The Morgan fingerprint density at radius 1 is 0.719 bits per heavy atom. The van der Waals surface area contributed by atoms with Crippen molar-refractivity contribution in [2.45, 2.75) is 64.2 Å². The zero-order valence-corrected chi connectivity index (χ0v) is 34.8. The summed E-state index contributed by atoms with van der Waals surface area (Å²) in [5.41, 5.74) is 11.4. The Labute approximate surface area is 342 Å². The Balaban J connectivity index is 1.23. The van der Waals surface area contributed by atoms with E-state index in [0.29, 0.717) is 25.1 Å². The van der Waals surface area contributed by atoms with Gasteiger partial charge in [0.15, 0.2) is 5.71 Å². The lowest BCUT2D eigenvalue weighted by Crippen LogP contribution is -2.27. The van der Waals surface area contributed by atoms with E-state index in [-0.39, 0.29) is 16.6 Å². The standard InChI is InChI=1S/C47H52N2O6S2/c1-46(2)40-28-26-38(36-20-10-8-11-21-36)34-42(40)48(30-16-18-32-56-55-54-50)44(46)24-14-6-5-7-15-25-45-47(3,4)41-29-27-39(37-22-12-9-13-23-37)35-43(41)49(45)31-17-19-33-57(51,52)53/h5-15,20-29,34-35H,16-19,30-33H2,1-4H3,(H-,50,51,52,53)/p+1. The molecule has 298 valence electrons. The van der Waals surface area contributed by atoms with Crippen molar-refractivity contribution in [1.29, 1.82) is 0 Å². The fourth-order valence-corrected chi connectivity index (χ4v) is 9.00. The van der Waals surface area contributed by atoms with Gasteiger partial charge in [0.05, 0.1) is 11.2 Å². The molecule has 2 N–H and O–H groups in total. The molecule has 4 aromatic rings. The third-order valence-corrected chi connectivity index (χ3v) is 12.3. The second-order valence-electron chi connectivity index (χ2n) is 15.5. The molecule has 0 atom stereocenters. The van der Waals surface area contributed by atoms with Gasteiger partial charge in [-0.1, -0.05) is 134 Å². The zero-order chi connectivity index (χ0) is 40.5. The maximum atomic E-state index is 11.5. The van der Waals surface area contributed by atoms with Crippen molar-refractivity contribution in [3.05, 3.63) is 156 Å². The highest BCUT2D eigenvalue weighted by atomic mass is 32.2. The summed E-state index contributed by atoms with van der Waals surface area (Å²) in [7, 11) is -4.01. The van der Waals surface area contributed by atoms with E-state index < -0.39 is 10.1 Å². The molecule has 0 unspecified atom stereocenters. The van der Waals surface area contributed by atoms with Crippen LogP contribution >= 0.6 is 12.0 Å². The van der Waals surface area contributed by atoms with Crippen LogP contribution in [0.3, 0.4) is 0 Å². The van der Waals surface area contributed by atoms with Gasteiger partial charge in [0.1, 0.15) is 6.54 Å². The summed E-state index contributed by atoms with van der Waals surface area (Å²) in [6, 6.07) is 34.2. The lowest BCUT2D eigenvalue weighted by molar-refractivity contribution is -0.438. The molecule has 0 bridgehead atoms. The Bertz CT molecular complexity index is 2280. The number of rotatable bonds is 18. The topological polar surface area (TPSA) is 99.3 Å². The van der Waals surface area contributed by atoms with Crippen LogP contribution in [0, 0.1) is 0 Å². The van der Waals surface area contributed by atoms with Crippen LogP contribution in [0.15, 0.2) is 145 Å². The van der Waals surface area contributed by atoms with E-state index in [1.54, 1.807) is 0 Å². The first kappa shape index (κ1) is 42.1. The molecule has 0 aliphatic carbocycles. The van der Waals surface area contributed by atoms with Crippen LogP contribution in [0.25, 0.3) is 22.3 Å². The minimum Gasteiger partial charge on any atom is -0.344 e. The van der Waals surface area contributed by atoms with Crippen molar-refractivity contribution >= 4 is 39.2 Å². The second kappa shape index (κ2) is 18.8. The fourth-order valence-electron chi connectivity index (χ4n) is 8.00. The largest absolute Gasteiger partial charge is 0.344 e. The van der Waals surface area contributed by atoms with E-state index in [1.165, 1.54) is 33.7 Å². The summed E-state index contributed by atoms with van der Waals surface area (Å²) in [4.78, 5) is 2.31. The Morgan fingerprint density at radius 3 is 2.02 bits per heavy atom. The van der Waals surface area contributed by atoms with Crippen molar-refractivity contribution in [3.63, 3.8) is 0 Å². The Morgan fingerprint density at radius 2 is 1.35 bits per heavy atom. The van der Waals surface area contributed by atoms with Crippen LogP contribution in [-0.4, -0.2) is 53.1 Å². The first-order valence-corrected chi connectivity index (χ1v) is 22.0. The maximum absolute atomic E-state index is 11.5. The van der Waals surface area contributed by atoms with Crippen LogP contribution in [0.2, 0.25) is 0 Å². The maximum Gasteiger partial charge on any atom is 0.264 e. The van der Waals surface area contributed by atoms with Gasteiger partial charge in [-0.3, -0.25) is 4.55 Å². The molecule has 10 heteroatoms. The molecule has 0 saturated heterocycles. The monoisotopic (exact) mass is 805 g/mol. The molecule has 0 radical (unpaired) electrons. The molecule has 0 aromatic heterocycles. The molecule has 2 heterocycles. The second-order valence-corrected chi connectivity index (χ2v) is 17.8. The smallest absolute Gasteiger partial charge is 0.264 e. The molecule has 0 spiro atoms. The minimum absolute atomic E-state index is 0.202. The average molecular weight is 806 g/mol. The quantitative estimate of drug-likeness (QED) is 0.0195. The number of nitrogens with zero attached hydrogens (tertiary/aromatic N) is 2. The number of hydrogen-bond donors (Lipinski definition) is 2. The van der Waals surface area contributed by atoms with E-state index in [9.17, 15) is 13.0 Å². The molecule has 0 saturated carbocycles. The van der Waals surface area contributed by atoms with Crippen LogP contribution in [0.1, 0.15) is 64.5 Å². The molecular formula is C47H53N2O6S2+. The van der Waals surface area contributed by atoms with Crippen molar-refractivity contribution in [1.82, 2.24) is 0 Å². The lowest BCUT2D eigenvalue weighted by atomic mass is 9.81. The number of anilines is 1. The number of benzene rings is 4. The molecule has 4 aromatic carbocycles. The van der Waals surface area contributed by atoms with Gasteiger partial charge in [-0.15, -0.1) is 4.33 Å². The normalized spacial score (nSPS) is 16.8. The highest BCUT2D eigenvalue weighted by molar-refractivity contribution is 7.94. The van der Waals surface area contributed by atoms with Gasteiger partial charge in [0, 0.05) is 65.3 Å². The van der Waals surface area contributed by atoms with Crippen molar-refractivity contribution in [3.8, 4) is 22.3 Å². The summed E-state index contributed by atoms with van der Waals surface area (Å²) < 4.78 is 39.3. The van der Waals surface area contributed by atoms with Crippen molar-refractivity contribution in [2.24, 2.45) is 0 Å². The van der Waals surface area contributed by atoms with Crippen molar-refractivity contribution < 1.29 is 32.2 Å². The molecular weight excluding hydrogens is 753 g/mol. The SMILES string of the molecule is CC1(C)C(/C=C/C=C/C=C/C=C2/N(CCCCS(=O)(=O)O)c3cc(-c4ccccc4)ccc3C2(C)C)=[N+](CCCCSOOO)c2cc(-c3ccccc3)ccc21. The Hall–Kier alpha value is -4.55. The van der Waals surface area contributed by atoms with Crippen LogP contribution in [0.4, 0.5) is 11.4 Å². The highest BCUT2D eigenvalue weighted by Gasteiger charge is 2.44. The summed E-state index contributed by atoms with van der Waals surface area (Å²) in [5, 5.41) is 12.2. The molecule has 57 heavy (non-hydrogen) atoms. The van der Waals surface area contributed by atoms with E-state index in [4.69, 9.17) is 5.26 Å². The number of allylic oxidation sites excluding steroid dienone is 8. The minimum atomic E-state index is -4.01. The highest BCUT2D eigenvalue weighted by Crippen LogP contribution is 2.49. The predicted octanol–water partition coefficient (Wildman–Crippen LogP) is 11.3. The molecule has 2 aliphatic rings. The molecule has 0 amide bonds. The first-order chi connectivity index (χ1) is 27.4. The molecule has 6 rings (SSSR count). The van der Waals surface area contributed by atoms with Gasteiger partial charge >= 0.3 is 0 Å². The van der Waals surface area contributed by atoms with E-state index in [1.807, 2.05) is 36.4 Å². The van der Waals surface area contributed by atoms with Gasteiger partial charge in [-0.2, -0.15) is 13.0 Å². The van der Waals surface area contributed by atoms with Crippen LogP contribution < -0.4 is 4.90 Å². The number of fused-ring (bicyclic) bond motifs is 2. The third-order valence-electron chi connectivity index (χ3n) is 10.9. The number of unbranched alkanes of at least 4 members (excludes halogenated alkanes) is 2. The fraction of sp³-hybridized carbons (Fsp3) is 0.298. The number of hydrogen-bond acceptors (Lipinski definition) is 7. The average Bonchev–Trinajstić information content (AvgIpc) is 3.54. The summed E-state index contributed by atoms with van der Waals surface area (Å²) in [5.74, 6) is 0.456. The first-order valence-electron chi connectivity index (χ1n) is 19.5. The zero-order valence-electron chi connectivity index (χ0n) is 33.2. The lowest BCUT2D eigenvalue weighted by Gasteiger charge is -2.27. The van der Waals surface area contributed by atoms with Gasteiger partial charge in [-0.25, -0.2) is 5.26 Å². The van der Waals surface area contributed by atoms with Gasteiger partial charge in [0.2, 0.25) is 5.69 Å². The van der Waals surface area contributed by atoms with Gasteiger partial charge in [0.25, 0.3) is 10.1 Å². The van der Waals surface area contributed by atoms with Crippen molar-refractivity contribution in [2.75, 3.05) is 29.5 Å².